The second-order valence-electron chi connectivity index (χ2n) is 6.53. The number of rotatable bonds is 6. The molecule has 27 heavy (non-hydrogen) atoms. The number of amides is 1. The van der Waals surface area contributed by atoms with Crippen molar-refractivity contribution in [2.75, 3.05) is 19.6 Å². The zero-order chi connectivity index (χ0) is 19.4. The molecule has 1 N–H and O–H groups in total. The van der Waals surface area contributed by atoms with Crippen molar-refractivity contribution >= 4 is 27.7 Å². The molecule has 3 rings (SSSR count). The Morgan fingerprint density at radius 2 is 1.74 bits per heavy atom. The zero-order valence-electron chi connectivity index (χ0n) is 15.1. The summed E-state index contributed by atoms with van der Waals surface area (Å²) in [5.41, 5.74) is 2.86. The van der Waals surface area contributed by atoms with E-state index < -0.39 is 10.2 Å². The first-order chi connectivity index (χ1) is 12.9. The summed E-state index contributed by atoms with van der Waals surface area (Å²) < 4.78 is 27.9. The van der Waals surface area contributed by atoms with Crippen LogP contribution in [0.4, 0.5) is 0 Å². The van der Waals surface area contributed by atoms with Gasteiger partial charge in [-0.2, -0.15) is 17.0 Å². The largest absolute Gasteiger partial charge is 0.351 e. The van der Waals surface area contributed by atoms with Gasteiger partial charge in [0.05, 0.1) is 6.54 Å². The van der Waals surface area contributed by atoms with Gasteiger partial charge < -0.3 is 5.32 Å². The summed E-state index contributed by atoms with van der Waals surface area (Å²) in [6, 6.07) is 15.0. The number of nitrogens with one attached hydrogen (secondary N) is 1. The molecule has 144 valence electrons. The van der Waals surface area contributed by atoms with Crippen molar-refractivity contribution in [2.45, 2.75) is 20.0 Å². The van der Waals surface area contributed by atoms with Crippen LogP contribution in [-0.4, -0.2) is 42.6 Å². The maximum Gasteiger partial charge on any atom is 0.282 e. The highest BCUT2D eigenvalue weighted by Gasteiger charge is 2.37. The summed E-state index contributed by atoms with van der Waals surface area (Å²) in [5, 5.41) is 3.30. The third-order valence-electron chi connectivity index (χ3n) is 4.49. The minimum Gasteiger partial charge on any atom is -0.351 e. The molecule has 0 radical (unpaired) electrons. The lowest BCUT2D eigenvalue weighted by atomic mass is 10.1. The van der Waals surface area contributed by atoms with E-state index in [-0.39, 0.29) is 25.5 Å². The van der Waals surface area contributed by atoms with Crippen LogP contribution < -0.4 is 5.32 Å². The number of hydrogen-bond acceptors (Lipinski definition) is 3. The van der Waals surface area contributed by atoms with Crippen LogP contribution in [-0.2, 0) is 28.1 Å². The maximum absolute atomic E-state index is 12.7. The van der Waals surface area contributed by atoms with E-state index >= 15 is 0 Å². The quantitative estimate of drug-likeness (QED) is 0.798. The summed E-state index contributed by atoms with van der Waals surface area (Å²) in [5.74, 6) is -0.321. The van der Waals surface area contributed by atoms with Crippen molar-refractivity contribution in [1.82, 2.24) is 13.9 Å². The molecule has 0 aromatic heterocycles. The lowest BCUT2D eigenvalue weighted by Crippen LogP contribution is -2.40. The Morgan fingerprint density at radius 3 is 2.44 bits per heavy atom. The first kappa shape index (κ1) is 19.8. The third-order valence-corrected chi connectivity index (χ3v) is 6.78. The minimum absolute atomic E-state index is 0.187. The van der Waals surface area contributed by atoms with Crippen LogP contribution in [0.15, 0.2) is 48.5 Å². The molecule has 2 aromatic rings. The van der Waals surface area contributed by atoms with E-state index in [1.165, 1.54) is 8.61 Å². The normalized spacial score (nSPS) is 17.1. The first-order valence-corrected chi connectivity index (χ1v) is 10.4. The predicted octanol–water partition coefficient (Wildman–Crippen LogP) is 2.33. The molecule has 1 heterocycles. The fourth-order valence-corrected chi connectivity index (χ4v) is 4.61. The highest BCUT2D eigenvalue weighted by molar-refractivity contribution is 7.87. The van der Waals surface area contributed by atoms with E-state index in [1.54, 1.807) is 18.2 Å². The van der Waals surface area contributed by atoms with Gasteiger partial charge >= 0.3 is 0 Å². The van der Waals surface area contributed by atoms with Crippen LogP contribution in [0.1, 0.15) is 16.7 Å². The molecular formula is C19H22ClN3O3S. The van der Waals surface area contributed by atoms with Crippen molar-refractivity contribution in [3.8, 4) is 0 Å². The topological polar surface area (TPSA) is 69.7 Å². The Hall–Kier alpha value is -1.93. The SMILES string of the molecule is Cc1ccc(CNC(=O)CN2CCN(Cc3ccccc3Cl)S2(=O)=O)cc1. The number of benzene rings is 2. The zero-order valence-corrected chi connectivity index (χ0v) is 16.6. The fourth-order valence-electron chi connectivity index (χ4n) is 2.88. The molecule has 0 aliphatic carbocycles. The van der Waals surface area contributed by atoms with Gasteiger partial charge in [-0.25, -0.2) is 0 Å². The minimum atomic E-state index is -3.68. The number of carbonyl (C=O) groups is 1. The van der Waals surface area contributed by atoms with E-state index in [4.69, 9.17) is 11.6 Å². The van der Waals surface area contributed by atoms with Crippen LogP contribution in [0, 0.1) is 6.92 Å². The highest BCUT2D eigenvalue weighted by Crippen LogP contribution is 2.23. The molecule has 1 saturated heterocycles. The third kappa shape index (κ3) is 4.87. The molecule has 0 spiro atoms. The summed E-state index contributed by atoms with van der Waals surface area (Å²) in [6.45, 7) is 2.99. The molecule has 0 unspecified atom stereocenters. The lowest BCUT2D eigenvalue weighted by Gasteiger charge is -2.19. The summed E-state index contributed by atoms with van der Waals surface area (Å²) in [4.78, 5) is 12.2. The highest BCUT2D eigenvalue weighted by atomic mass is 35.5. The first-order valence-electron chi connectivity index (χ1n) is 8.67. The Morgan fingerprint density at radius 1 is 1.07 bits per heavy atom. The van der Waals surface area contributed by atoms with Gasteiger partial charge in [0, 0.05) is 31.2 Å². The van der Waals surface area contributed by atoms with Gasteiger partial charge in [-0.1, -0.05) is 59.6 Å². The van der Waals surface area contributed by atoms with Crippen molar-refractivity contribution in [3.63, 3.8) is 0 Å². The molecule has 1 amide bonds. The molecule has 2 aromatic carbocycles. The molecule has 0 saturated carbocycles. The van der Waals surface area contributed by atoms with E-state index in [1.807, 2.05) is 37.3 Å². The fraction of sp³-hybridized carbons (Fsp3) is 0.316. The summed E-state index contributed by atoms with van der Waals surface area (Å²) in [7, 11) is -3.68. The molecule has 8 heteroatoms. The van der Waals surface area contributed by atoms with Crippen molar-refractivity contribution < 1.29 is 13.2 Å². The van der Waals surface area contributed by atoms with Crippen LogP contribution in [0.25, 0.3) is 0 Å². The smallest absolute Gasteiger partial charge is 0.282 e. The van der Waals surface area contributed by atoms with Crippen LogP contribution in [0.3, 0.4) is 0 Å². The number of nitrogens with zero attached hydrogens (tertiary/aromatic N) is 2. The van der Waals surface area contributed by atoms with Crippen LogP contribution >= 0.6 is 11.6 Å². The average molecular weight is 408 g/mol. The van der Waals surface area contributed by atoms with Gasteiger partial charge in [0.1, 0.15) is 0 Å². The molecular weight excluding hydrogens is 386 g/mol. The van der Waals surface area contributed by atoms with Crippen LogP contribution in [0.2, 0.25) is 5.02 Å². The van der Waals surface area contributed by atoms with Crippen molar-refractivity contribution in [2.24, 2.45) is 0 Å². The standard InChI is InChI=1S/C19H22ClN3O3S/c1-15-6-8-16(9-7-15)12-21-19(24)14-23-11-10-22(27(23,25)26)13-17-4-2-3-5-18(17)20/h2-9H,10-14H2,1H3,(H,21,24). The van der Waals surface area contributed by atoms with Gasteiger partial charge in [0.2, 0.25) is 5.91 Å². The molecule has 6 nitrogen and oxygen atoms in total. The van der Waals surface area contributed by atoms with Gasteiger partial charge in [-0.15, -0.1) is 0 Å². The summed E-state index contributed by atoms with van der Waals surface area (Å²) >= 11 is 6.13. The molecule has 0 atom stereocenters. The predicted molar refractivity (Wildman–Crippen MR) is 105 cm³/mol. The number of hydrogen-bond donors (Lipinski definition) is 1. The average Bonchev–Trinajstić information content (AvgIpc) is 2.91. The number of aryl methyl sites for hydroxylation is 1. The number of halogens is 1. The van der Waals surface area contributed by atoms with E-state index in [0.29, 0.717) is 18.1 Å². The molecule has 0 bridgehead atoms. The van der Waals surface area contributed by atoms with Gasteiger partial charge in [-0.05, 0) is 24.1 Å². The Labute approximate surface area is 164 Å². The van der Waals surface area contributed by atoms with Gasteiger partial charge in [0.25, 0.3) is 10.2 Å². The Bertz CT molecular complexity index is 916. The van der Waals surface area contributed by atoms with E-state index in [2.05, 4.69) is 5.32 Å². The molecule has 1 fully saturated rings. The van der Waals surface area contributed by atoms with Crippen molar-refractivity contribution in [3.05, 3.63) is 70.2 Å². The van der Waals surface area contributed by atoms with E-state index in [0.717, 1.165) is 16.7 Å². The Balaban J connectivity index is 1.57. The maximum atomic E-state index is 12.7. The molecule has 1 aliphatic rings. The van der Waals surface area contributed by atoms with Gasteiger partial charge in [0.15, 0.2) is 0 Å². The van der Waals surface area contributed by atoms with E-state index in [9.17, 15) is 13.2 Å². The monoisotopic (exact) mass is 407 g/mol. The Kier molecular flexibility index (Phi) is 6.16. The molecule has 1 aliphatic heterocycles. The van der Waals surface area contributed by atoms with Crippen molar-refractivity contribution in [1.29, 1.82) is 0 Å². The van der Waals surface area contributed by atoms with Gasteiger partial charge in [-0.3, -0.25) is 4.79 Å². The number of carbonyl (C=O) groups excluding carboxylic acids is 1. The van der Waals surface area contributed by atoms with Crippen LogP contribution in [0.5, 0.6) is 0 Å². The second-order valence-corrected chi connectivity index (χ2v) is 8.86. The lowest BCUT2D eigenvalue weighted by molar-refractivity contribution is -0.121. The summed E-state index contributed by atoms with van der Waals surface area (Å²) in [6.07, 6.45) is 0. The second kappa shape index (κ2) is 8.39.